The Morgan fingerprint density at radius 1 is 1.11 bits per heavy atom. The number of ether oxygens (including phenoxy) is 1. The summed E-state index contributed by atoms with van der Waals surface area (Å²) < 4.78 is 33.5. The van der Waals surface area contributed by atoms with Crippen molar-refractivity contribution < 1.29 is 21.8 Å². The molecular weight excluding hydrogens is 472 g/mol. The third-order valence-electron chi connectivity index (χ3n) is 6.07. The molecule has 0 saturated heterocycles. The van der Waals surface area contributed by atoms with Crippen LogP contribution >= 0.6 is 11.5 Å². The van der Waals surface area contributed by atoms with Gasteiger partial charge in [0.05, 0.1) is 15.6 Å². The summed E-state index contributed by atoms with van der Waals surface area (Å²) in [7, 11) is 0. The highest BCUT2D eigenvalue weighted by atomic mass is 32.1. The number of carbonyl (C=O) groups is 1. The number of carbonyl (C=O) groups excluding carboxylic acids is 1. The highest BCUT2D eigenvalue weighted by Gasteiger charge is 2.33. The van der Waals surface area contributed by atoms with Gasteiger partial charge in [-0.25, -0.2) is 0 Å². The van der Waals surface area contributed by atoms with E-state index in [9.17, 15) is 9.90 Å². The molecule has 36 heavy (non-hydrogen) atoms. The summed E-state index contributed by atoms with van der Waals surface area (Å²) >= 11 is 1.32. The van der Waals surface area contributed by atoms with Crippen LogP contribution in [0.25, 0.3) is 11.3 Å². The second-order valence-electron chi connectivity index (χ2n) is 8.88. The molecule has 2 aromatic carbocycles. The van der Waals surface area contributed by atoms with Gasteiger partial charge in [0.15, 0.2) is 0 Å². The van der Waals surface area contributed by atoms with Crippen LogP contribution in [0.3, 0.4) is 0 Å². The molecule has 0 aliphatic heterocycles. The van der Waals surface area contributed by atoms with Gasteiger partial charge in [-0.05, 0) is 80.4 Å². The first-order valence-corrected chi connectivity index (χ1v) is 13.1. The van der Waals surface area contributed by atoms with Gasteiger partial charge < -0.3 is 19.2 Å². The van der Waals surface area contributed by atoms with Crippen LogP contribution in [0.15, 0.2) is 77.4 Å². The van der Waals surface area contributed by atoms with Gasteiger partial charge in [-0.1, -0.05) is 30.3 Å². The van der Waals surface area contributed by atoms with Crippen molar-refractivity contribution in [2.45, 2.75) is 51.1 Å². The molecular formula is C29H30N2O4S. The Labute approximate surface area is 218 Å². The zero-order chi connectivity index (χ0) is 26.5. The minimum absolute atomic E-state index is 0.0730. The lowest BCUT2D eigenvalue weighted by Crippen LogP contribution is -2.32. The molecule has 0 radical (unpaired) electrons. The van der Waals surface area contributed by atoms with E-state index in [1.54, 1.807) is 42.7 Å². The van der Waals surface area contributed by atoms with Crippen LogP contribution in [-0.2, 0) is 12.9 Å². The number of furan rings is 1. The van der Waals surface area contributed by atoms with Gasteiger partial charge in [-0.15, -0.1) is 0 Å². The van der Waals surface area contributed by atoms with E-state index in [0.29, 0.717) is 29.2 Å². The summed E-state index contributed by atoms with van der Waals surface area (Å²) in [5.74, 6) is 0.903. The van der Waals surface area contributed by atoms with Crippen molar-refractivity contribution in [2.24, 2.45) is 0 Å². The van der Waals surface area contributed by atoms with Crippen molar-refractivity contribution in [2.75, 3.05) is 6.61 Å². The number of hydrogen-bond acceptors (Lipinski definition) is 6. The molecule has 0 unspecified atom stereocenters. The molecule has 2 aromatic heterocycles. The zero-order valence-corrected chi connectivity index (χ0v) is 20.7. The van der Waals surface area contributed by atoms with Gasteiger partial charge in [0.2, 0.25) is 5.88 Å². The molecule has 2 heterocycles. The maximum Gasteiger partial charge on any atom is 0.254 e. The molecule has 0 bridgehead atoms. The molecule has 1 aliphatic rings. The summed E-state index contributed by atoms with van der Waals surface area (Å²) in [5.41, 5.74) is 1.65. The smallest absolute Gasteiger partial charge is 0.254 e. The van der Waals surface area contributed by atoms with Crippen LogP contribution in [0.4, 0.5) is 0 Å². The predicted octanol–water partition coefficient (Wildman–Crippen LogP) is 6.71. The van der Waals surface area contributed by atoms with Crippen LogP contribution in [0.2, 0.25) is 0 Å². The SMILES string of the molecule is [2H]C([2H])(c1ccccc1OCCCCCc1cc(O)ns1)N(C(=O)c1ccc(-c2ccco2)cc1)C1CC1. The fourth-order valence-corrected chi connectivity index (χ4v) is 4.65. The molecule has 1 aliphatic carbocycles. The zero-order valence-electron chi connectivity index (χ0n) is 21.9. The summed E-state index contributed by atoms with van der Waals surface area (Å²) in [6.07, 6.45) is 6.72. The standard InChI is InChI=1S/C29H30N2O4S/c32-28-19-25(36-30-28)8-2-1-5-17-34-27-9-4-3-7-23(27)20-31(24-15-16-24)29(33)22-13-11-21(12-14-22)26-10-6-18-35-26/h3-4,6-7,9-14,18-19,24H,1-2,5,8,15-17,20H2,(H,30,32)/i20D2. The van der Waals surface area contributed by atoms with Gasteiger partial charge in [-0.3, -0.25) is 4.79 Å². The van der Waals surface area contributed by atoms with Crippen LogP contribution < -0.4 is 4.74 Å². The molecule has 1 fully saturated rings. The molecule has 186 valence electrons. The number of hydrogen-bond donors (Lipinski definition) is 1. The Balaban J connectivity index is 1.25. The van der Waals surface area contributed by atoms with Crippen LogP contribution in [0, 0.1) is 0 Å². The Hall–Kier alpha value is -3.58. The molecule has 1 amide bonds. The highest BCUT2D eigenvalue weighted by Crippen LogP contribution is 2.32. The minimum atomic E-state index is -2.04. The van der Waals surface area contributed by atoms with E-state index < -0.39 is 6.50 Å². The topological polar surface area (TPSA) is 75.8 Å². The number of amides is 1. The number of benzene rings is 2. The Kier molecular flexibility index (Phi) is 6.89. The Bertz CT molecular complexity index is 1350. The van der Waals surface area contributed by atoms with Crippen LogP contribution in [0.1, 0.15) is 55.6 Å². The average molecular weight is 505 g/mol. The third-order valence-corrected chi connectivity index (χ3v) is 6.90. The minimum Gasteiger partial charge on any atom is -0.493 e. The fraction of sp³-hybridized carbons (Fsp3) is 0.310. The molecule has 1 N–H and O–H groups in total. The van der Waals surface area contributed by atoms with Crippen molar-refractivity contribution in [3.05, 3.63) is 89.0 Å². The third kappa shape index (κ3) is 6.15. The molecule has 0 atom stereocenters. The quantitative estimate of drug-likeness (QED) is 0.217. The van der Waals surface area contributed by atoms with Gasteiger partial charge >= 0.3 is 0 Å². The molecule has 7 heteroatoms. The molecule has 1 saturated carbocycles. The average Bonchev–Trinajstić information content (AvgIpc) is 3.40. The first kappa shape index (κ1) is 21.7. The predicted molar refractivity (Wildman–Crippen MR) is 140 cm³/mol. The molecule has 6 nitrogen and oxygen atoms in total. The van der Waals surface area contributed by atoms with E-state index in [1.165, 1.54) is 16.4 Å². The number of aryl methyl sites for hydroxylation is 1. The largest absolute Gasteiger partial charge is 0.493 e. The molecule has 5 rings (SSSR count). The van der Waals surface area contributed by atoms with Crippen LogP contribution in [-0.4, -0.2) is 32.9 Å². The monoisotopic (exact) mass is 504 g/mol. The van der Waals surface area contributed by atoms with E-state index in [-0.39, 0.29) is 17.8 Å². The van der Waals surface area contributed by atoms with Gasteiger partial charge in [0.25, 0.3) is 5.91 Å². The number of aromatic nitrogens is 1. The second kappa shape index (κ2) is 11.4. The lowest BCUT2D eigenvalue weighted by molar-refractivity contribution is 0.0728. The van der Waals surface area contributed by atoms with E-state index in [4.69, 9.17) is 11.9 Å². The van der Waals surface area contributed by atoms with Gasteiger partial charge in [-0.2, -0.15) is 4.37 Å². The lowest BCUT2D eigenvalue weighted by Gasteiger charge is -2.24. The summed E-state index contributed by atoms with van der Waals surface area (Å²) in [4.78, 5) is 16.0. The van der Waals surface area contributed by atoms with Crippen LogP contribution in [0.5, 0.6) is 11.6 Å². The highest BCUT2D eigenvalue weighted by molar-refractivity contribution is 7.05. The first-order chi connectivity index (χ1) is 18.4. The first-order valence-electron chi connectivity index (χ1n) is 13.3. The van der Waals surface area contributed by atoms with E-state index in [2.05, 4.69) is 4.37 Å². The lowest BCUT2D eigenvalue weighted by atomic mass is 10.1. The van der Waals surface area contributed by atoms with Crippen molar-refractivity contribution in [1.29, 1.82) is 0 Å². The van der Waals surface area contributed by atoms with Gasteiger partial charge in [0.1, 0.15) is 11.5 Å². The normalized spacial score (nSPS) is 14.2. The number of nitrogens with zero attached hydrogens (tertiary/aromatic N) is 2. The summed E-state index contributed by atoms with van der Waals surface area (Å²) in [5, 5.41) is 9.35. The van der Waals surface area contributed by atoms with E-state index >= 15 is 0 Å². The van der Waals surface area contributed by atoms with Crippen molar-refractivity contribution >= 4 is 17.4 Å². The second-order valence-corrected chi connectivity index (χ2v) is 9.77. The fourth-order valence-electron chi connectivity index (χ4n) is 3.99. The number of unbranched alkanes of at least 4 members (excludes halogenated alkanes) is 2. The number of para-hydroxylation sites is 1. The summed E-state index contributed by atoms with van der Waals surface area (Å²) in [6.45, 7) is -1.59. The summed E-state index contributed by atoms with van der Waals surface area (Å²) in [6, 6.07) is 19.4. The van der Waals surface area contributed by atoms with E-state index in [0.717, 1.165) is 49.0 Å². The molecule has 4 aromatic rings. The number of rotatable bonds is 12. The van der Waals surface area contributed by atoms with Crippen molar-refractivity contribution in [1.82, 2.24) is 9.27 Å². The maximum atomic E-state index is 13.6. The van der Waals surface area contributed by atoms with Gasteiger partial charge in [0, 0.05) is 40.2 Å². The van der Waals surface area contributed by atoms with Crippen molar-refractivity contribution in [3.8, 4) is 23.0 Å². The van der Waals surface area contributed by atoms with Crippen molar-refractivity contribution in [3.63, 3.8) is 0 Å². The number of aromatic hydroxyl groups is 1. The van der Waals surface area contributed by atoms with E-state index in [1.807, 2.05) is 30.3 Å². The molecule has 0 spiro atoms. The Morgan fingerprint density at radius 3 is 2.67 bits per heavy atom. The maximum absolute atomic E-state index is 13.6. The Morgan fingerprint density at radius 2 is 1.94 bits per heavy atom.